The van der Waals surface area contributed by atoms with Gasteiger partial charge in [-0.3, -0.25) is 0 Å². The van der Waals surface area contributed by atoms with Crippen LogP contribution in [-0.4, -0.2) is 16.7 Å². The van der Waals surface area contributed by atoms with Crippen LogP contribution in [0.25, 0.3) is 11.0 Å². The Morgan fingerprint density at radius 3 is 2.30 bits per heavy atom. The number of aryl methyl sites for hydroxylation is 1. The summed E-state index contributed by atoms with van der Waals surface area (Å²) in [5, 5.41) is 0. The first-order chi connectivity index (χ1) is 13.3. The molecule has 4 nitrogen and oxygen atoms in total. The minimum absolute atomic E-state index is 0.245. The molecule has 0 amide bonds. The lowest BCUT2D eigenvalue weighted by Gasteiger charge is -2.18. The molecule has 27 heavy (non-hydrogen) atoms. The van der Waals surface area contributed by atoms with Crippen LogP contribution in [0.5, 0.6) is 5.75 Å². The van der Waals surface area contributed by atoms with E-state index in [-0.39, 0.29) is 6.10 Å². The molecule has 0 radical (unpaired) electrons. The molecule has 4 heteroatoms. The van der Waals surface area contributed by atoms with Crippen molar-refractivity contribution >= 4 is 11.0 Å². The molecule has 0 fully saturated rings. The second kappa shape index (κ2) is 7.64. The summed E-state index contributed by atoms with van der Waals surface area (Å²) < 4.78 is 13.7. The second-order valence-corrected chi connectivity index (χ2v) is 6.47. The molecular weight excluding hydrogens is 336 g/mol. The molecule has 4 aromatic rings. The maximum Gasteiger partial charge on any atom is 0.143 e. The summed E-state index contributed by atoms with van der Waals surface area (Å²) in [5.74, 6) is 1.74. The Morgan fingerprint density at radius 2 is 1.59 bits per heavy atom. The van der Waals surface area contributed by atoms with Gasteiger partial charge in [-0.2, -0.15) is 0 Å². The molecule has 1 atom stereocenters. The largest absolute Gasteiger partial charge is 0.497 e. The maximum absolute atomic E-state index is 6.36. The van der Waals surface area contributed by atoms with Gasteiger partial charge in [-0.05, 0) is 35.4 Å². The van der Waals surface area contributed by atoms with Crippen molar-refractivity contribution in [3.63, 3.8) is 0 Å². The smallest absolute Gasteiger partial charge is 0.143 e. The van der Waals surface area contributed by atoms with Crippen LogP contribution in [0.4, 0.5) is 0 Å². The van der Waals surface area contributed by atoms with Crippen molar-refractivity contribution in [2.24, 2.45) is 7.05 Å². The van der Waals surface area contributed by atoms with Gasteiger partial charge in [-0.15, -0.1) is 0 Å². The van der Waals surface area contributed by atoms with Crippen LogP contribution >= 0.6 is 0 Å². The molecule has 3 aromatic carbocycles. The van der Waals surface area contributed by atoms with Gasteiger partial charge in [0.15, 0.2) is 0 Å². The highest BCUT2D eigenvalue weighted by Gasteiger charge is 2.21. The van der Waals surface area contributed by atoms with Gasteiger partial charge in [-0.1, -0.05) is 54.6 Å². The van der Waals surface area contributed by atoms with Crippen LogP contribution in [0.1, 0.15) is 23.1 Å². The van der Waals surface area contributed by atoms with Crippen LogP contribution in [0.3, 0.4) is 0 Å². The number of rotatable bonds is 6. The zero-order valence-electron chi connectivity index (χ0n) is 15.5. The number of hydrogen-bond donors (Lipinski definition) is 0. The van der Waals surface area contributed by atoms with Gasteiger partial charge in [0.25, 0.3) is 0 Å². The van der Waals surface area contributed by atoms with Gasteiger partial charge in [-0.25, -0.2) is 4.98 Å². The third-order valence-electron chi connectivity index (χ3n) is 4.73. The van der Waals surface area contributed by atoms with Gasteiger partial charge in [0.05, 0.1) is 24.8 Å². The lowest BCUT2D eigenvalue weighted by Crippen LogP contribution is -2.12. The fourth-order valence-electron chi connectivity index (χ4n) is 3.25. The second-order valence-electron chi connectivity index (χ2n) is 6.47. The van der Waals surface area contributed by atoms with E-state index in [1.165, 1.54) is 0 Å². The number of ether oxygens (including phenoxy) is 2. The minimum Gasteiger partial charge on any atom is -0.497 e. The summed E-state index contributed by atoms with van der Waals surface area (Å²) >= 11 is 0. The lowest BCUT2D eigenvalue weighted by atomic mass is 10.1. The highest BCUT2D eigenvalue weighted by Crippen LogP contribution is 2.29. The van der Waals surface area contributed by atoms with Crippen molar-refractivity contribution in [2.75, 3.05) is 7.11 Å². The fraction of sp³-hybridized carbons (Fsp3) is 0.174. The zero-order chi connectivity index (χ0) is 18.6. The molecule has 1 unspecified atom stereocenters. The summed E-state index contributed by atoms with van der Waals surface area (Å²) in [6.07, 6.45) is -0.245. The standard InChI is InChI=1S/C23H22N2O2/c1-25-21-11-7-6-10-20(21)24-23(25)22(18-8-4-3-5-9-18)27-16-17-12-14-19(26-2)15-13-17/h3-15,22H,16H2,1-2H3. The van der Waals surface area contributed by atoms with Crippen LogP contribution in [-0.2, 0) is 18.4 Å². The summed E-state index contributed by atoms with van der Waals surface area (Å²) in [5.41, 5.74) is 4.25. The fourth-order valence-corrected chi connectivity index (χ4v) is 3.25. The maximum atomic E-state index is 6.36. The molecule has 0 aliphatic heterocycles. The lowest BCUT2D eigenvalue weighted by molar-refractivity contribution is 0.0596. The number of hydrogen-bond acceptors (Lipinski definition) is 3. The predicted octanol–water partition coefficient (Wildman–Crippen LogP) is 4.89. The van der Waals surface area contributed by atoms with Crippen molar-refractivity contribution in [3.05, 3.63) is 95.8 Å². The molecule has 0 saturated carbocycles. The monoisotopic (exact) mass is 358 g/mol. The van der Waals surface area contributed by atoms with Crippen LogP contribution < -0.4 is 4.74 Å². The Bertz CT molecular complexity index is 1020. The average molecular weight is 358 g/mol. The molecule has 0 spiro atoms. The quantitative estimate of drug-likeness (QED) is 0.492. The van der Waals surface area contributed by atoms with Gasteiger partial charge < -0.3 is 14.0 Å². The number of methoxy groups -OCH3 is 1. The Balaban J connectivity index is 1.67. The van der Waals surface area contributed by atoms with E-state index >= 15 is 0 Å². The molecule has 0 N–H and O–H groups in total. The van der Waals surface area contributed by atoms with Gasteiger partial charge in [0.1, 0.15) is 17.7 Å². The molecular formula is C23H22N2O2. The number of imidazole rings is 1. The van der Waals surface area contributed by atoms with Crippen molar-refractivity contribution < 1.29 is 9.47 Å². The molecule has 136 valence electrons. The molecule has 1 heterocycles. The third kappa shape index (κ3) is 3.57. The summed E-state index contributed by atoms with van der Waals surface area (Å²) in [6.45, 7) is 0.493. The Labute approximate surface area is 159 Å². The van der Waals surface area contributed by atoms with Gasteiger partial charge in [0, 0.05) is 7.05 Å². The number of nitrogens with zero attached hydrogens (tertiary/aromatic N) is 2. The summed E-state index contributed by atoms with van der Waals surface area (Å²) in [6, 6.07) is 26.3. The number of benzene rings is 3. The molecule has 0 aliphatic carbocycles. The summed E-state index contributed by atoms with van der Waals surface area (Å²) in [4.78, 5) is 4.85. The molecule has 0 aliphatic rings. The first-order valence-corrected chi connectivity index (χ1v) is 8.97. The van der Waals surface area contributed by atoms with E-state index in [9.17, 15) is 0 Å². The number of aromatic nitrogens is 2. The molecule has 4 rings (SSSR count). The Morgan fingerprint density at radius 1 is 0.889 bits per heavy atom. The first-order valence-electron chi connectivity index (χ1n) is 8.97. The minimum atomic E-state index is -0.245. The van der Waals surface area contributed by atoms with Crippen molar-refractivity contribution in [3.8, 4) is 5.75 Å². The van der Waals surface area contributed by atoms with Crippen LogP contribution in [0.2, 0.25) is 0 Å². The highest BCUT2D eigenvalue weighted by atomic mass is 16.5. The topological polar surface area (TPSA) is 36.3 Å². The Hall–Kier alpha value is -3.11. The van der Waals surface area contributed by atoms with E-state index in [1.54, 1.807) is 7.11 Å². The third-order valence-corrected chi connectivity index (χ3v) is 4.73. The van der Waals surface area contributed by atoms with E-state index in [4.69, 9.17) is 14.5 Å². The molecule has 0 bridgehead atoms. The summed E-state index contributed by atoms with van der Waals surface area (Å²) in [7, 11) is 3.71. The van der Waals surface area contributed by atoms with E-state index in [2.05, 4.69) is 22.8 Å². The molecule has 0 saturated heterocycles. The first kappa shape index (κ1) is 17.3. The zero-order valence-corrected chi connectivity index (χ0v) is 15.5. The van der Waals surface area contributed by atoms with Crippen molar-refractivity contribution in [1.29, 1.82) is 0 Å². The van der Waals surface area contributed by atoms with Gasteiger partial charge in [0.2, 0.25) is 0 Å². The molecule has 1 aromatic heterocycles. The Kier molecular flexibility index (Phi) is 4.90. The van der Waals surface area contributed by atoms with E-state index in [1.807, 2.05) is 67.7 Å². The normalized spacial score (nSPS) is 12.2. The van der Waals surface area contributed by atoms with E-state index in [0.29, 0.717) is 6.61 Å². The van der Waals surface area contributed by atoms with Crippen LogP contribution in [0, 0.1) is 0 Å². The van der Waals surface area contributed by atoms with Gasteiger partial charge >= 0.3 is 0 Å². The van der Waals surface area contributed by atoms with Crippen molar-refractivity contribution in [1.82, 2.24) is 9.55 Å². The van der Waals surface area contributed by atoms with Crippen molar-refractivity contribution in [2.45, 2.75) is 12.7 Å². The van der Waals surface area contributed by atoms with Crippen LogP contribution in [0.15, 0.2) is 78.9 Å². The number of para-hydroxylation sites is 2. The predicted molar refractivity (Wildman–Crippen MR) is 107 cm³/mol. The number of fused-ring (bicyclic) bond motifs is 1. The highest BCUT2D eigenvalue weighted by molar-refractivity contribution is 5.76. The van der Waals surface area contributed by atoms with E-state index in [0.717, 1.165) is 33.7 Å². The average Bonchev–Trinajstić information content (AvgIpc) is 3.06. The van der Waals surface area contributed by atoms with E-state index < -0.39 is 0 Å². The SMILES string of the molecule is COc1ccc(COC(c2ccccc2)c2nc3ccccc3n2C)cc1.